The Balaban J connectivity index is 1.52. The zero-order chi connectivity index (χ0) is 20.5. The van der Waals surface area contributed by atoms with E-state index in [2.05, 4.69) is 4.98 Å². The van der Waals surface area contributed by atoms with Gasteiger partial charge in [-0.2, -0.15) is 0 Å². The summed E-state index contributed by atoms with van der Waals surface area (Å²) in [4.78, 5) is 18.4. The van der Waals surface area contributed by atoms with Crippen molar-refractivity contribution in [3.8, 4) is 11.5 Å². The summed E-state index contributed by atoms with van der Waals surface area (Å²) in [6.07, 6.45) is 3.33. The first kappa shape index (κ1) is 20.6. The van der Waals surface area contributed by atoms with Gasteiger partial charge in [-0.15, -0.1) is 11.3 Å². The van der Waals surface area contributed by atoms with Gasteiger partial charge in [-0.25, -0.2) is 4.98 Å². The lowest BCUT2D eigenvalue weighted by Crippen LogP contribution is -2.29. The Morgan fingerprint density at radius 3 is 2.62 bits per heavy atom. The van der Waals surface area contributed by atoms with Crippen LogP contribution in [0, 0.1) is 6.92 Å². The van der Waals surface area contributed by atoms with Gasteiger partial charge in [-0.3, -0.25) is 4.79 Å². The number of thiazole rings is 1. The maximum absolute atomic E-state index is 12.4. The fourth-order valence-corrected chi connectivity index (χ4v) is 3.19. The molecule has 150 valence electrons. The Labute approximate surface area is 175 Å². The van der Waals surface area contributed by atoms with Gasteiger partial charge in [0, 0.05) is 24.1 Å². The van der Waals surface area contributed by atoms with Gasteiger partial charge in [0.2, 0.25) is 5.91 Å². The molecule has 6 heteroatoms. The summed E-state index contributed by atoms with van der Waals surface area (Å²) in [5.74, 6) is 1.43. The van der Waals surface area contributed by atoms with E-state index in [-0.39, 0.29) is 5.91 Å². The van der Waals surface area contributed by atoms with Gasteiger partial charge < -0.3 is 14.4 Å². The van der Waals surface area contributed by atoms with Gasteiger partial charge in [-0.05, 0) is 31.2 Å². The van der Waals surface area contributed by atoms with Crippen molar-refractivity contribution in [2.24, 2.45) is 0 Å². The molecule has 0 aliphatic rings. The van der Waals surface area contributed by atoms with E-state index in [0.29, 0.717) is 19.8 Å². The van der Waals surface area contributed by atoms with Crippen molar-refractivity contribution in [1.29, 1.82) is 0 Å². The summed E-state index contributed by atoms with van der Waals surface area (Å²) < 4.78 is 11.5. The van der Waals surface area contributed by atoms with Crippen molar-refractivity contribution >= 4 is 23.3 Å². The molecule has 2 aromatic carbocycles. The van der Waals surface area contributed by atoms with Crippen LogP contribution < -0.4 is 9.47 Å². The average molecular weight is 409 g/mol. The largest absolute Gasteiger partial charge is 0.492 e. The molecule has 0 N–H and O–H groups in total. The molecule has 1 amide bonds. The number of aryl methyl sites for hydroxylation is 1. The lowest BCUT2D eigenvalue weighted by molar-refractivity contribution is -0.125. The predicted molar refractivity (Wildman–Crippen MR) is 116 cm³/mol. The number of rotatable bonds is 9. The molecular weight excluding hydrogens is 384 g/mol. The summed E-state index contributed by atoms with van der Waals surface area (Å²) in [5.41, 5.74) is 1.75. The number of para-hydroxylation sites is 2. The third-order valence-electron chi connectivity index (χ3n) is 4.18. The summed E-state index contributed by atoms with van der Waals surface area (Å²) in [6, 6.07) is 17.2. The van der Waals surface area contributed by atoms with Crippen molar-refractivity contribution in [2.45, 2.75) is 13.5 Å². The highest BCUT2D eigenvalue weighted by atomic mass is 32.1. The predicted octanol–water partition coefficient (Wildman–Crippen LogP) is 4.58. The summed E-state index contributed by atoms with van der Waals surface area (Å²) in [5, 5.41) is 3.01. The molecule has 0 bridgehead atoms. The van der Waals surface area contributed by atoms with E-state index >= 15 is 0 Å². The van der Waals surface area contributed by atoms with E-state index in [0.717, 1.165) is 27.8 Å². The number of likely N-dealkylation sites (N-methyl/N-ethyl adjacent to an activating group) is 1. The molecule has 0 saturated heterocycles. The number of carbonyl (C=O) groups excluding carboxylic acids is 1. The van der Waals surface area contributed by atoms with Crippen LogP contribution in [0.2, 0.25) is 0 Å². The Morgan fingerprint density at radius 1 is 1.10 bits per heavy atom. The Kier molecular flexibility index (Phi) is 7.41. The van der Waals surface area contributed by atoms with Gasteiger partial charge in [-0.1, -0.05) is 36.4 Å². The smallest absolute Gasteiger partial charge is 0.246 e. The molecule has 29 heavy (non-hydrogen) atoms. The van der Waals surface area contributed by atoms with Crippen LogP contribution in [0.5, 0.6) is 11.5 Å². The zero-order valence-corrected chi connectivity index (χ0v) is 17.4. The maximum Gasteiger partial charge on any atom is 0.246 e. The fraction of sp³-hybridized carbons (Fsp3) is 0.217. The minimum absolute atomic E-state index is 0.0911. The molecule has 0 aliphatic heterocycles. The highest BCUT2D eigenvalue weighted by Crippen LogP contribution is 2.21. The van der Waals surface area contributed by atoms with Crippen LogP contribution in [0.3, 0.4) is 0 Å². The van der Waals surface area contributed by atoms with Gasteiger partial charge in [0.25, 0.3) is 0 Å². The minimum Gasteiger partial charge on any atom is -0.492 e. The van der Waals surface area contributed by atoms with E-state index < -0.39 is 0 Å². The normalized spacial score (nSPS) is 10.8. The molecule has 0 unspecified atom stereocenters. The van der Waals surface area contributed by atoms with E-state index in [1.807, 2.05) is 66.9 Å². The van der Waals surface area contributed by atoms with Crippen LogP contribution in [-0.4, -0.2) is 36.0 Å². The van der Waals surface area contributed by atoms with E-state index in [1.54, 1.807) is 35.4 Å². The lowest BCUT2D eigenvalue weighted by atomic mass is 10.2. The van der Waals surface area contributed by atoms with E-state index in [9.17, 15) is 4.79 Å². The fourth-order valence-electron chi connectivity index (χ4n) is 2.59. The first-order valence-corrected chi connectivity index (χ1v) is 10.2. The standard InChI is InChI=1S/C23H24N2O3S/c1-18-24-20(17-29-18)16-28-22-11-7-6-8-19(22)12-13-23(26)25(2)14-15-27-21-9-4-3-5-10-21/h3-13,17H,14-16H2,1-2H3/b13-12+. The minimum atomic E-state index is -0.0911. The van der Waals surface area contributed by atoms with Crippen LogP contribution in [0.4, 0.5) is 0 Å². The van der Waals surface area contributed by atoms with Gasteiger partial charge in [0.15, 0.2) is 0 Å². The maximum atomic E-state index is 12.4. The van der Waals surface area contributed by atoms with Crippen LogP contribution in [-0.2, 0) is 11.4 Å². The second kappa shape index (κ2) is 10.4. The van der Waals surface area contributed by atoms with Crippen LogP contribution in [0.1, 0.15) is 16.3 Å². The zero-order valence-electron chi connectivity index (χ0n) is 16.6. The third kappa shape index (κ3) is 6.47. The molecule has 0 saturated carbocycles. The Bertz CT molecular complexity index is 954. The highest BCUT2D eigenvalue weighted by molar-refractivity contribution is 7.09. The summed E-state index contributed by atoms with van der Waals surface area (Å²) in [6.45, 7) is 3.31. The highest BCUT2D eigenvalue weighted by Gasteiger charge is 2.07. The van der Waals surface area contributed by atoms with Gasteiger partial charge in [0.1, 0.15) is 24.7 Å². The number of carbonyl (C=O) groups is 1. The average Bonchev–Trinajstić information content (AvgIpc) is 3.17. The Hall–Kier alpha value is -3.12. The van der Waals surface area contributed by atoms with E-state index in [1.165, 1.54) is 0 Å². The molecule has 0 fully saturated rings. The quantitative estimate of drug-likeness (QED) is 0.486. The first-order valence-electron chi connectivity index (χ1n) is 9.35. The van der Waals surface area contributed by atoms with Crippen LogP contribution >= 0.6 is 11.3 Å². The first-order chi connectivity index (χ1) is 14.1. The molecule has 0 radical (unpaired) electrons. The number of ether oxygens (including phenoxy) is 2. The second-order valence-corrected chi connectivity index (χ2v) is 7.50. The number of nitrogens with zero attached hydrogens (tertiary/aromatic N) is 2. The molecule has 0 aliphatic carbocycles. The number of hydrogen-bond donors (Lipinski definition) is 0. The van der Waals surface area contributed by atoms with Crippen molar-refractivity contribution in [2.75, 3.05) is 20.2 Å². The van der Waals surface area contributed by atoms with Crippen molar-refractivity contribution < 1.29 is 14.3 Å². The number of hydrogen-bond acceptors (Lipinski definition) is 5. The second-order valence-electron chi connectivity index (χ2n) is 6.44. The molecular formula is C23H24N2O3S. The van der Waals surface area contributed by atoms with Crippen molar-refractivity contribution in [3.63, 3.8) is 0 Å². The molecule has 3 rings (SSSR count). The van der Waals surface area contributed by atoms with Crippen molar-refractivity contribution in [3.05, 3.63) is 82.3 Å². The summed E-state index contributed by atoms with van der Waals surface area (Å²) >= 11 is 1.60. The number of amides is 1. The summed E-state index contributed by atoms with van der Waals surface area (Å²) in [7, 11) is 1.76. The number of benzene rings is 2. The van der Waals surface area contributed by atoms with Crippen molar-refractivity contribution in [1.82, 2.24) is 9.88 Å². The van der Waals surface area contributed by atoms with Gasteiger partial charge >= 0.3 is 0 Å². The topological polar surface area (TPSA) is 51.7 Å². The van der Waals surface area contributed by atoms with Crippen LogP contribution in [0.15, 0.2) is 66.1 Å². The molecule has 0 atom stereocenters. The molecule has 0 spiro atoms. The molecule has 5 nitrogen and oxygen atoms in total. The molecule has 1 aromatic heterocycles. The van der Waals surface area contributed by atoms with Crippen LogP contribution in [0.25, 0.3) is 6.08 Å². The van der Waals surface area contributed by atoms with E-state index in [4.69, 9.17) is 9.47 Å². The van der Waals surface area contributed by atoms with Gasteiger partial charge in [0.05, 0.1) is 17.2 Å². The Morgan fingerprint density at radius 2 is 1.86 bits per heavy atom. The molecule has 1 heterocycles. The number of aromatic nitrogens is 1. The SMILES string of the molecule is Cc1nc(COc2ccccc2/C=C/C(=O)N(C)CCOc2ccccc2)cs1. The lowest BCUT2D eigenvalue weighted by Gasteiger charge is -2.15. The monoisotopic (exact) mass is 408 g/mol. The molecule has 3 aromatic rings. The third-order valence-corrected chi connectivity index (χ3v) is 5.00.